The molecular formula is C17H18N2O3. The molecule has 5 nitrogen and oxygen atoms in total. The minimum absolute atomic E-state index is 0.143. The Morgan fingerprint density at radius 3 is 2.23 bits per heavy atom. The van der Waals surface area contributed by atoms with Crippen LogP contribution >= 0.6 is 0 Å². The smallest absolute Gasteiger partial charge is 0.226 e. The van der Waals surface area contributed by atoms with Crippen LogP contribution in [0.25, 0.3) is 0 Å². The van der Waals surface area contributed by atoms with E-state index in [0.717, 1.165) is 5.75 Å². The highest BCUT2D eigenvalue weighted by Gasteiger charge is 2.03. The van der Waals surface area contributed by atoms with Crippen molar-refractivity contribution in [2.24, 2.45) is 0 Å². The number of anilines is 1. The second kappa shape index (κ2) is 7.83. The zero-order valence-electron chi connectivity index (χ0n) is 12.3. The topological polar surface area (TPSA) is 67.4 Å². The van der Waals surface area contributed by atoms with Gasteiger partial charge >= 0.3 is 0 Å². The Morgan fingerprint density at radius 2 is 1.59 bits per heavy atom. The Morgan fingerprint density at radius 1 is 0.955 bits per heavy atom. The van der Waals surface area contributed by atoms with Crippen molar-refractivity contribution in [2.45, 2.75) is 13.3 Å². The summed E-state index contributed by atoms with van der Waals surface area (Å²) in [5.74, 6) is 1.16. The van der Waals surface area contributed by atoms with E-state index < -0.39 is 0 Å². The number of ether oxygens (including phenoxy) is 1. The summed E-state index contributed by atoms with van der Waals surface area (Å²) in [6.45, 7) is 1.75. The van der Waals surface area contributed by atoms with Crippen LogP contribution in [-0.4, -0.2) is 18.4 Å². The Balaban J connectivity index is 1.84. The summed E-state index contributed by atoms with van der Waals surface area (Å²) >= 11 is 0. The van der Waals surface area contributed by atoms with Crippen LogP contribution in [0.4, 0.5) is 5.69 Å². The monoisotopic (exact) mass is 298 g/mol. The number of benzene rings is 2. The molecule has 2 aromatic rings. The van der Waals surface area contributed by atoms with Crippen molar-refractivity contribution in [3.63, 3.8) is 0 Å². The van der Waals surface area contributed by atoms with Gasteiger partial charge in [-0.15, -0.1) is 0 Å². The third-order valence-corrected chi connectivity index (χ3v) is 2.84. The molecule has 0 atom stereocenters. The molecule has 0 saturated carbocycles. The second-order valence-electron chi connectivity index (χ2n) is 4.72. The van der Waals surface area contributed by atoms with Crippen LogP contribution in [0.1, 0.15) is 13.3 Å². The second-order valence-corrected chi connectivity index (χ2v) is 4.72. The lowest BCUT2D eigenvalue weighted by atomic mass is 10.3. The first-order chi connectivity index (χ1) is 10.6. The van der Waals surface area contributed by atoms with Crippen LogP contribution in [0, 0.1) is 0 Å². The third-order valence-electron chi connectivity index (χ3n) is 2.84. The van der Waals surface area contributed by atoms with Gasteiger partial charge in [0, 0.05) is 25.6 Å². The molecule has 5 heteroatoms. The largest absolute Gasteiger partial charge is 0.457 e. The van der Waals surface area contributed by atoms with E-state index >= 15 is 0 Å². The average Bonchev–Trinajstić information content (AvgIpc) is 2.50. The van der Waals surface area contributed by atoms with Crippen LogP contribution in [0.5, 0.6) is 11.5 Å². The van der Waals surface area contributed by atoms with E-state index in [2.05, 4.69) is 10.6 Å². The number of carbonyl (C=O) groups is 2. The van der Waals surface area contributed by atoms with Crippen molar-refractivity contribution < 1.29 is 14.3 Å². The van der Waals surface area contributed by atoms with Crippen molar-refractivity contribution in [1.29, 1.82) is 0 Å². The lowest BCUT2D eigenvalue weighted by molar-refractivity contribution is -0.119. The summed E-state index contributed by atoms with van der Waals surface area (Å²) < 4.78 is 5.67. The van der Waals surface area contributed by atoms with Gasteiger partial charge in [0.1, 0.15) is 11.5 Å². The van der Waals surface area contributed by atoms with E-state index in [1.807, 2.05) is 30.3 Å². The van der Waals surface area contributed by atoms with Crippen molar-refractivity contribution >= 4 is 17.5 Å². The van der Waals surface area contributed by atoms with Crippen LogP contribution in [0.2, 0.25) is 0 Å². The number of amides is 2. The maximum absolute atomic E-state index is 11.7. The first-order valence-corrected chi connectivity index (χ1v) is 7.01. The van der Waals surface area contributed by atoms with Gasteiger partial charge in [-0.25, -0.2) is 0 Å². The van der Waals surface area contributed by atoms with Gasteiger partial charge in [0.05, 0.1) is 0 Å². The quantitative estimate of drug-likeness (QED) is 0.861. The predicted molar refractivity (Wildman–Crippen MR) is 84.9 cm³/mol. The Labute approximate surface area is 129 Å². The summed E-state index contributed by atoms with van der Waals surface area (Å²) in [5.41, 5.74) is 0.688. The fourth-order valence-corrected chi connectivity index (χ4v) is 1.81. The van der Waals surface area contributed by atoms with Crippen LogP contribution < -0.4 is 15.4 Å². The number of hydrogen-bond acceptors (Lipinski definition) is 3. The molecule has 0 fully saturated rings. The molecule has 2 rings (SSSR count). The number of carbonyl (C=O) groups excluding carboxylic acids is 2. The van der Waals surface area contributed by atoms with E-state index in [-0.39, 0.29) is 18.2 Å². The molecular weight excluding hydrogens is 280 g/mol. The molecule has 0 saturated heterocycles. The molecule has 2 N–H and O–H groups in total. The van der Waals surface area contributed by atoms with Crippen molar-refractivity contribution in [3.05, 3.63) is 54.6 Å². The molecule has 0 aromatic heterocycles. The molecule has 0 aliphatic carbocycles. The molecule has 0 heterocycles. The SMILES string of the molecule is CC(=O)NCCC(=O)Nc1ccc(Oc2ccccc2)cc1. The fraction of sp³-hybridized carbons (Fsp3) is 0.176. The van der Waals surface area contributed by atoms with E-state index in [0.29, 0.717) is 18.0 Å². The maximum Gasteiger partial charge on any atom is 0.226 e. The van der Waals surface area contributed by atoms with Gasteiger partial charge in [0.25, 0.3) is 0 Å². The molecule has 0 radical (unpaired) electrons. The fourth-order valence-electron chi connectivity index (χ4n) is 1.81. The normalized spacial score (nSPS) is 9.86. The number of para-hydroxylation sites is 1. The zero-order valence-corrected chi connectivity index (χ0v) is 12.3. The summed E-state index contributed by atoms with van der Waals surface area (Å²) in [7, 11) is 0. The highest BCUT2D eigenvalue weighted by molar-refractivity contribution is 5.91. The molecule has 0 aliphatic heterocycles. The molecule has 0 unspecified atom stereocenters. The molecule has 0 spiro atoms. The minimum atomic E-state index is -0.148. The summed E-state index contributed by atoms with van der Waals surface area (Å²) in [6, 6.07) is 16.6. The van der Waals surface area contributed by atoms with Crippen LogP contribution in [0.3, 0.4) is 0 Å². The van der Waals surface area contributed by atoms with Crippen molar-refractivity contribution in [2.75, 3.05) is 11.9 Å². The summed E-state index contributed by atoms with van der Waals surface area (Å²) in [5, 5.41) is 5.34. The van der Waals surface area contributed by atoms with Crippen molar-refractivity contribution in [3.8, 4) is 11.5 Å². The molecule has 114 valence electrons. The lowest BCUT2D eigenvalue weighted by Gasteiger charge is -2.08. The average molecular weight is 298 g/mol. The molecule has 0 aliphatic rings. The van der Waals surface area contributed by atoms with Crippen LogP contribution in [-0.2, 0) is 9.59 Å². The molecule has 2 amide bonds. The van der Waals surface area contributed by atoms with E-state index in [1.54, 1.807) is 24.3 Å². The first kappa shape index (κ1) is 15.6. The third kappa shape index (κ3) is 5.28. The lowest BCUT2D eigenvalue weighted by Crippen LogP contribution is -2.25. The first-order valence-electron chi connectivity index (χ1n) is 7.01. The van der Waals surface area contributed by atoms with Gasteiger partial charge < -0.3 is 15.4 Å². The predicted octanol–water partition coefficient (Wildman–Crippen LogP) is 2.94. The van der Waals surface area contributed by atoms with E-state index in [4.69, 9.17) is 4.74 Å². The Bertz CT molecular complexity index is 624. The van der Waals surface area contributed by atoms with E-state index in [1.165, 1.54) is 6.92 Å². The number of rotatable bonds is 6. The highest BCUT2D eigenvalue weighted by Crippen LogP contribution is 2.22. The zero-order chi connectivity index (χ0) is 15.8. The standard InChI is InChI=1S/C17H18N2O3/c1-13(20)18-12-11-17(21)19-14-7-9-16(10-8-14)22-15-5-3-2-4-6-15/h2-10H,11-12H2,1H3,(H,18,20)(H,19,21). The van der Waals surface area contributed by atoms with E-state index in [9.17, 15) is 9.59 Å². The van der Waals surface area contributed by atoms with Crippen molar-refractivity contribution in [1.82, 2.24) is 5.32 Å². The number of hydrogen-bond donors (Lipinski definition) is 2. The molecule has 0 bridgehead atoms. The van der Waals surface area contributed by atoms with Gasteiger partial charge in [-0.1, -0.05) is 18.2 Å². The van der Waals surface area contributed by atoms with Gasteiger partial charge in [0.2, 0.25) is 11.8 Å². The Hall–Kier alpha value is -2.82. The molecule has 2 aromatic carbocycles. The number of nitrogens with one attached hydrogen (secondary N) is 2. The highest BCUT2D eigenvalue weighted by atomic mass is 16.5. The van der Waals surface area contributed by atoms with Gasteiger partial charge in [-0.2, -0.15) is 0 Å². The van der Waals surface area contributed by atoms with Crippen LogP contribution in [0.15, 0.2) is 54.6 Å². The van der Waals surface area contributed by atoms with Gasteiger partial charge in [-0.3, -0.25) is 9.59 Å². The van der Waals surface area contributed by atoms with Gasteiger partial charge in [-0.05, 0) is 36.4 Å². The van der Waals surface area contributed by atoms with Gasteiger partial charge in [0.15, 0.2) is 0 Å². The summed E-state index contributed by atoms with van der Waals surface area (Å²) in [4.78, 5) is 22.4. The minimum Gasteiger partial charge on any atom is -0.457 e. The molecule has 22 heavy (non-hydrogen) atoms. The summed E-state index contributed by atoms with van der Waals surface area (Å²) in [6.07, 6.45) is 0.238. The maximum atomic E-state index is 11.7. The Kier molecular flexibility index (Phi) is 5.54.